The van der Waals surface area contributed by atoms with Crippen LogP contribution in [0.3, 0.4) is 0 Å². The van der Waals surface area contributed by atoms with Gasteiger partial charge in [0.2, 0.25) is 0 Å². The second kappa shape index (κ2) is 4.60. The van der Waals surface area contributed by atoms with Crippen LogP contribution in [-0.2, 0) is 10.3 Å². The lowest BCUT2D eigenvalue weighted by molar-refractivity contribution is 0.0943. The van der Waals surface area contributed by atoms with E-state index in [0.29, 0.717) is 5.56 Å². The van der Waals surface area contributed by atoms with Crippen molar-refractivity contribution in [3.63, 3.8) is 0 Å². The number of amides is 1. The highest BCUT2D eigenvalue weighted by molar-refractivity contribution is 7.83. The number of aryl methyl sites for hydroxylation is 2. The SMILES string of the molecule is Cc1ccc(C(=O)NNS(=O)(=O)O)cc1C. The zero-order valence-corrected chi connectivity index (χ0v) is 9.63. The molecular weight excluding hydrogens is 232 g/mol. The number of hydrogen-bond donors (Lipinski definition) is 3. The van der Waals surface area contributed by atoms with Crippen molar-refractivity contribution in [3.05, 3.63) is 34.9 Å². The van der Waals surface area contributed by atoms with E-state index >= 15 is 0 Å². The van der Waals surface area contributed by atoms with Gasteiger partial charge >= 0.3 is 10.3 Å². The molecule has 3 N–H and O–H groups in total. The number of hydrazine groups is 1. The molecule has 1 aromatic rings. The average Bonchev–Trinajstić information content (AvgIpc) is 2.17. The van der Waals surface area contributed by atoms with Gasteiger partial charge in [-0.1, -0.05) is 6.07 Å². The molecule has 7 heteroatoms. The highest BCUT2D eigenvalue weighted by atomic mass is 32.2. The van der Waals surface area contributed by atoms with Crippen molar-refractivity contribution in [2.45, 2.75) is 13.8 Å². The van der Waals surface area contributed by atoms with Gasteiger partial charge < -0.3 is 0 Å². The van der Waals surface area contributed by atoms with Gasteiger partial charge in [0.15, 0.2) is 0 Å². The lowest BCUT2D eigenvalue weighted by Crippen LogP contribution is -2.41. The Balaban J connectivity index is 2.78. The number of rotatable bonds is 3. The minimum atomic E-state index is -4.43. The summed E-state index contributed by atoms with van der Waals surface area (Å²) in [6.07, 6.45) is 0. The quantitative estimate of drug-likeness (QED) is 0.527. The molecule has 0 bridgehead atoms. The van der Waals surface area contributed by atoms with Crippen molar-refractivity contribution in [3.8, 4) is 0 Å². The van der Waals surface area contributed by atoms with Crippen LogP contribution in [0.1, 0.15) is 21.5 Å². The van der Waals surface area contributed by atoms with E-state index in [-0.39, 0.29) is 0 Å². The Bertz CT molecular complexity index is 510. The Labute approximate surface area is 93.5 Å². The Hall–Kier alpha value is -1.44. The normalized spacial score (nSPS) is 11.2. The largest absolute Gasteiger partial charge is 0.350 e. The molecule has 0 aromatic heterocycles. The molecule has 88 valence electrons. The maximum atomic E-state index is 11.4. The van der Waals surface area contributed by atoms with E-state index < -0.39 is 16.2 Å². The van der Waals surface area contributed by atoms with E-state index in [1.165, 1.54) is 4.83 Å². The molecule has 1 rings (SSSR count). The molecule has 16 heavy (non-hydrogen) atoms. The van der Waals surface area contributed by atoms with Gasteiger partial charge in [-0.05, 0) is 37.1 Å². The summed E-state index contributed by atoms with van der Waals surface area (Å²) in [5.74, 6) is -0.638. The first-order valence-corrected chi connectivity index (χ1v) is 5.85. The van der Waals surface area contributed by atoms with Gasteiger partial charge in [0.05, 0.1) is 0 Å². The summed E-state index contributed by atoms with van der Waals surface area (Å²) in [5, 5.41) is 0. The van der Waals surface area contributed by atoms with E-state index in [0.717, 1.165) is 11.1 Å². The average molecular weight is 244 g/mol. The van der Waals surface area contributed by atoms with Crippen molar-refractivity contribution in [2.75, 3.05) is 0 Å². The number of carbonyl (C=O) groups is 1. The maximum Gasteiger partial charge on any atom is 0.350 e. The smallest absolute Gasteiger partial charge is 0.272 e. The molecule has 0 saturated carbocycles. The minimum Gasteiger partial charge on any atom is -0.272 e. The van der Waals surface area contributed by atoms with E-state index in [1.807, 2.05) is 19.3 Å². The van der Waals surface area contributed by atoms with Gasteiger partial charge in [0, 0.05) is 5.56 Å². The predicted molar refractivity (Wildman–Crippen MR) is 58.1 cm³/mol. The molecule has 0 radical (unpaired) electrons. The molecule has 1 amide bonds. The third-order valence-corrected chi connectivity index (χ3v) is 2.42. The van der Waals surface area contributed by atoms with Crippen LogP contribution in [0.15, 0.2) is 18.2 Å². The Morgan fingerprint density at radius 2 is 1.88 bits per heavy atom. The van der Waals surface area contributed by atoms with Crippen molar-refractivity contribution in [1.29, 1.82) is 0 Å². The third-order valence-electron chi connectivity index (χ3n) is 2.06. The topological polar surface area (TPSA) is 95.5 Å². The summed E-state index contributed by atoms with van der Waals surface area (Å²) in [5.41, 5.74) is 4.11. The summed E-state index contributed by atoms with van der Waals surface area (Å²) in [6, 6.07) is 4.93. The van der Waals surface area contributed by atoms with Crippen LogP contribution in [0.5, 0.6) is 0 Å². The first-order chi connectivity index (χ1) is 7.29. The van der Waals surface area contributed by atoms with Gasteiger partial charge in [-0.25, -0.2) is 0 Å². The van der Waals surface area contributed by atoms with E-state index in [4.69, 9.17) is 4.55 Å². The van der Waals surface area contributed by atoms with Gasteiger partial charge in [-0.3, -0.25) is 14.8 Å². The Morgan fingerprint density at radius 3 is 2.38 bits per heavy atom. The molecule has 0 aliphatic heterocycles. The van der Waals surface area contributed by atoms with Crippen molar-refractivity contribution in [1.82, 2.24) is 10.3 Å². The van der Waals surface area contributed by atoms with Crippen molar-refractivity contribution in [2.24, 2.45) is 0 Å². The van der Waals surface area contributed by atoms with Gasteiger partial charge in [0.1, 0.15) is 0 Å². The molecule has 0 atom stereocenters. The zero-order chi connectivity index (χ0) is 12.3. The van der Waals surface area contributed by atoms with Gasteiger partial charge in [-0.15, -0.1) is 4.83 Å². The van der Waals surface area contributed by atoms with E-state index in [1.54, 1.807) is 18.2 Å². The van der Waals surface area contributed by atoms with Crippen LogP contribution in [-0.4, -0.2) is 18.9 Å². The monoisotopic (exact) mass is 244 g/mol. The van der Waals surface area contributed by atoms with Crippen molar-refractivity contribution < 1.29 is 17.8 Å². The first kappa shape index (κ1) is 12.6. The van der Waals surface area contributed by atoms with Gasteiger partial charge in [0.25, 0.3) is 5.91 Å². The summed E-state index contributed by atoms with van der Waals surface area (Å²) in [4.78, 5) is 12.9. The first-order valence-electron chi connectivity index (χ1n) is 4.41. The fraction of sp³-hybridized carbons (Fsp3) is 0.222. The van der Waals surface area contributed by atoms with Crippen LogP contribution in [0, 0.1) is 13.8 Å². The van der Waals surface area contributed by atoms with Crippen LogP contribution >= 0.6 is 0 Å². The Morgan fingerprint density at radius 1 is 1.25 bits per heavy atom. The molecule has 0 aliphatic rings. The Kier molecular flexibility index (Phi) is 3.63. The number of hydrogen-bond acceptors (Lipinski definition) is 3. The minimum absolute atomic E-state index is 0.305. The van der Waals surface area contributed by atoms with Crippen LogP contribution in [0.4, 0.5) is 0 Å². The second-order valence-electron chi connectivity index (χ2n) is 3.33. The summed E-state index contributed by atoms with van der Waals surface area (Å²) >= 11 is 0. The summed E-state index contributed by atoms with van der Waals surface area (Å²) < 4.78 is 29.0. The molecule has 6 nitrogen and oxygen atoms in total. The number of carbonyl (C=O) groups excluding carboxylic acids is 1. The number of benzene rings is 1. The lowest BCUT2D eigenvalue weighted by Gasteiger charge is -2.06. The molecule has 0 fully saturated rings. The molecule has 0 spiro atoms. The summed E-state index contributed by atoms with van der Waals surface area (Å²) in [6.45, 7) is 3.73. The highest BCUT2D eigenvalue weighted by Crippen LogP contribution is 2.09. The molecule has 0 heterocycles. The van der Waals surface area contributed by atoms with E-state index in [9.17, 15) is 13.2 Å². The molecular formula is C9H12N2O4S. The molecule has 0 aliphatic carbocycles. The fourth-order valence-corrected chi connectivity index (χ4v) is 1.29. The van der Waals surface area contributed by atoms with Crippen LogP contribution < -0.4 is 10.3 Å². The third kappa shape index (κ3) is 3.61. The van der Waals surface area contributed by atoms with Crippen LogP contribution in [0.25, 0.3) is 0 Å². The molecule has 1 aromatic carbocycles. The van der Waals surface area contributed by atoms with Crippen molar-refractivity contribution >= 4 is 16.2 Å². The predicted octanol–water partition coefficient (Wildman–Crippen LogP) is 0.341. The highest BCUT2D eigenvalue weighted by Gasteiger charge is 2.09. The lowest BCUT2D eigenvalue weighted by atomic mass is 10.1. The molecule has 0 unspecified atom stereocenters. The van der Waals surface area contributed by atoms with E-state index in [2.05, 4.69) is 0 Å². The summed E-state index contributed by atoms with van der Waals surface area (Å²) in [7, 11) is -4.43. The van der Waals surface area contributed by atoms with Gasteiger partial charge in [-0.2, -0.15) is 8.42 Å². The zero-order valence-electron chi connectivity index (χ0n) is 8.81. The second-order valence-corrected chi connectivity index (χ2v) is 4.48. The number of nitrogens with one attached hydrogen (secondary N) is 2. The maximum absolute atomic E-state index is 11.4. The molecule has 0 saturated heterocycles. The standard InChI is InChI=1S/C9H12N2O4S/c1-6-3-4-8(5-7(6)2)9(12)10-11-16(13,14)15/h3-5,11H,1-2H3,(H,10,12)(H,13,14,15). The fourth-order valence-electron chi connectivity index (χ4n) is 1.07. The van der Waals surface area contributed by atoms with Crippen LogP contribution in [0.2, 0.25) is 0 Å².